The molecule has 1 aromatic carbocycles. The molecule has 4 nitrogen and oxygen atoms in total. The summed E-state index contributed by atoms with van der Waals surface area (Å²) in [6.45, 7) is 0. The molecule has 2 aromatic rings. The van der Waals surface area contributed by atoms with E-state index in [1.165, 1.54) is 0 Å². The zero-order chi connectivity index (χ0) is 10.7. The van der Waals surface area contributed by atoms with Crippen LogP contribution in [0.15, 0.2) is 36.4 Å². The third-order valence-electron chi connectivity index (χ3n) is 2.04. The van der Waals surface area contributed by atoms with Crippen LogP contribution in [0.5, 0.6) is 0 Å². The van der Waals surface area contributed by atoms with Crippen LogP contribution in [0.25, 0.3) is 11.3 Å². The maximum atomic E-state index is 5.68. The summed E-state index contributed by atoms with van der Waals surface area (Å²) in [5.74, 6) is 1.00. The van der Waals surface area contributed by atoms with Crippen LogP contribution in [0.1, 0.15) is 0 Å². The predicted octanol–water partition coefficient (Wildman–Crippen LogP) is 1.77. The monoisotopic (exact) mass is 200 g/mol. The van der Waals surface area contributed by atoms with E-state index in [-0.39, 0.29) is 0 Å². The standard InChI is InChI=1S/C11H12N4/c1-13-11-14-9(7-10(12)15-11)8-5-3-2-4-6-8/h2-7H,1H3,(H3,12,13,14,15). The molecule has 0 saturated heterocycles. The Hall–Kier alpha value is -2.10. The Morgan fingerprint density at radius 3 is 2.53 bits per heavy atom. The van der Waals surface area contributed by atoms with Crippen molar-refractivity contribution >= 4 is 11.8 Å². The van der Waals surface area contributed by atoms with E-state index in [1.807, 2.05) is 30.3 Å². The predicted molar refractivity (Wildman–Crippen MR) is 61.4 cm³/mol. The summed E-state index contributed by atoms with van der Waals surface area (Å²) < 4.78 is 0. The molecule has 4 heteroatoms. The second-order valence-corrected chi connectivity index (χ2v) is 3.12. The van der Waals surface area contributed by atoms with Crippen LogP contribution in [-0.4, -0.2) is 17.0 Å². The molecule has 15 heavy (non-hydrogen) atoms. The molecule has 0 aliphatic rings. The van der Waals surface area contributed by atoms with E-state index in [4.69, 9.17) is 5.73 Å². The molecule has 0 amide bonds. The molecule has 3 N–H and O–H groups in total. The lowest BCUT2D eigenvalue weighted by atomic mass is 10.1. The lowest BCUT2D eigenvalue weighted by Crippen LogP contribution is -2.01. The summed E-state index contributed by atoms with van der Waals surface area (Å²) in [6, 6.07) is 11.6. The summed E-state index contributed by atoms with van der Waals surface area (Å²) >= 11 is 0. The largest absolute Gasteiger partial charge is 0.384 e. The summed E-state index contributed by atoms with van der Waals surface area (Å²) in [5, 5.41) is 2.88. The third kappa shape index (κ3) is 2.04. The van der Waals surface area contributed by atoms with Gasteiger partial charge in [0, 0.05) is 18.7 Å². The Balaban J connectivity index is 2.49. The number of nitrogens with zero attached hydrogens (tertiary/aromatic N) is 2. The Labute approximate surface area is 88.2 Å². The summed E-state index contributed by atoms with van der Waals surface area (Å²) in [4.78, 5) is 8.35. The number of nitrogen functional groups attached to an aromatic ring is 1. The van der Waals surface area contributed by atoms with Gasteiger partial charge < -0.3 is 11.1 Å². The Kier molecular flexibility index (Phi) is 2.49. The van der Waals surface area contributed by atoms with Crippen LogP contribution < -0.4 is 11.1 Å². The van der Waals surface area contributed by atoms with Crippen molar-refractivity contribution in [3.8, 4) is 11.3 Å². The fourth-order valence-corrected chi connectivity index (χ4v) is 1.33. The minimum atomic E-state index is 0.466. The van der Waals surface area contributed by atoms with E-state index in [0.29, 0.717) is 11.8 Å². The van der Waals surface area contributed by atoms with Gasteiger partial charge in [-0.05, 0) is 0 Å². The van der Waals surface area contributed by atoms with Crippen molar-refractivity contribution in [2.75, 3.05) is 18.1 Å². The lowest BCUT2D eigenvalue weighted by molar-refractivity contribution is 1.16. The van der Waals surface area contributed by atoms with Crippen LogP contribution in [0, 0.1) is 0 Å². The molecule has 0 bridgehead atoms. The maximum Gasteiger partial charge on any atom is 0.224 e. The maximum absolute atomic E-state index is 5.68. The molecule has 0 spiro atoms. The molecule has 0 fully saturated rings. The Morgan fingerprint density at radius 2 is 1.87 bits per heavy atom. The molecule has 1 aromatic heterocycles. The molecule has 0 aliphatic heterocycles. The van der Waals surface area contributed by atoms with Gasteiger partial charge in [-0.3, -0.25) is 0 Å². The normalized spacial score (nSPS) is 9.93. The molecule has 2 rings (SSSR count). The van der Waals surface area contributed by atoms with Crippen LogP contribution in [-0.2, 0) is 0 Å². The highest BCUT2D eigenvalue weighted by atomic mass is 15.1. The average molecular weight is 200 g/mol. The highest BCUT2D eigenvalue weighted by Gasteiger charge is 2.02. The number of nitrogens with two attached hydrogens (primary N) is 1. The highest BCUT2D eigenvalue weighted by Crippen LogP contribution is 2.19. The number of hydrogen-bond acceptors (Lipinski definition) is 4. The van der Waals surface area contributed by atoms with Crippen molar-refractivity contribution in [3.05, 3.63) is 36.4 Å². The minimum Gasteiger partial charge on any atom is -0.384 e. The summed E-state index contributed by atoms with van der Waals surface area (Å²) in [6.07, 6.45) is 0. The average Bonchev–Trinajstić information content (AvgIpc) is 2.29. The van der Waals surface area contributed by atoms with Gasteiger partial charge >= 0.3 is 0 Å². The number of nitrogens with one attached hydrogen (secondary N) is 1. The van der Waals surface area contributed by atoms with Crippen molar-refractivity contribution in [1.82, 2.24) is 9.97 Å². The molecule has 0 unspecified atom stereocenters. The van der Waals surface area contributed by atoms with Crippen LogP contribution >= 0.6 is 0 Å². The van der Waals surface area contributed by atoms with Crippen LogP contribution in [0.3, 0.4) is 0 Å². The zero-order valence-corrected chi connectivity index (χ0v) is 8.44. The fraction of sp³-hybridized carbons (Fsp3) is 0.0909. The zero-order valence-electron chi connectivity index (χ0n) is 8.44. The van der Waals surface area contributed by atoms with Gasteiger partial charge in [0.2, 0.25) is 5.95 Å². The second-order valence-electron chi connectivity index (χ2n) is 3.12. The lowest BCUT2D eigenvalue weighted by Gasteiger charge is -2.04. The number of rotatable bonds is 2. The van der Waals surface area contributed by atoms with Gasteiger partial charge in [0.15, 0.2) is 0 Å². The second kappa shape index (κ2) is 3.96. The third-order valence-corrected chi connectivity index (χ3v) is 2.04. The number of benzene rings is 1. The first kappa shape index (κ1) is 9.45. The van der Waals surface area contributed by atoms with Gasteiger partial charge in [0.05, 0.1) is 5.69 Å². The number of aromatic nitrogens is 2. The van der Waals surface area contributed by atoms with Crippen molar-refractivity contribution < 1.29 is 0 Å². The fourth-order valence-electron chi connectivity index (χ4n) is 1.33. The van der Waals surface area contributed by atoms with E-state index < -0.39 is 0 Å². The Morgan fingerprint density at radius 1 is 1.13 bits per heavy atom. The SMILES string of the molecule is CNc1nc(N)cc(-c2ccccc2)n1. The first-order chi connectivity index (χ1) is 7.29. The number of hydrogen-bond donors (Lipinski definition) is 2. The van der Waals surface area contributed by atoms with Gasteiger partial charge in [-0.15, -0.1) is 0 Å². The topological polar surface area (TPSA) is 63.8 Å². The smallest absolute Gasteiger partial charge is 0.224 e. The Bertz CT molecular complexity index is 453. The van der Waals surface area contributed by atoms with Crippen molar-refractivity contribution in [3.63, 3.8) is 0 Å². The molecule has 0 radical (unpaired) electrons. The van der Waals surface area contributed by atoms with E-state index in [2.05, 4.69) is 15.3 Å². The molecular formula is C11H12N4. The van der Waals surface area contributed by atoms with Gasteiger partial charge in [0.25, 0.3) is 0 Å². The molecule has 0 atom stereocenters. The van der Waals surface area contributed by atoms with Crippen LogP contribution in [0.4, 0.5) is 11.8 Å². The molecule has 1 heterocycles. The molecule has 0 aliphatic carbocycles. The highest BCUT2D eigenvalue weighted by molar-refractivity contribution is 5.63. The van der Waals surface area contributed by atoms with E-state index in [1.54, 1.807) is 13.1 Å². The van der Waals surface area contributed by atoms with Crippen molar-refractivity contribution in [2.45, 2.75) is 0 Å². The van der Waals surface area contributed by atoms with E-state index >= 15 is 0 Å². The van der Waals surface area contributed by atoms with Crippen molar-refractivity contribution in [2.24, 2.45) is 0 Å². The van der Waals surface area contributed by atoms with E-state index in [0.717, 1.165) is 11.3 Å². The van der Waals surface area contributed by atoms with Crippen molar-refractivity contribution in [1.29, 1.82) is 0 Å². The minimum absolute atomic E-state index is 0.466. The van der Waals surface area contributed by atoms with Crippen LogP contribution in [0.2, 0.25) is 0 Å². The summed E-state index contributed by atoms with van der Waals surface area (Å²) in [5.41, 5.74) is 7.54. The van der Waals surface area contributed by atoms with Gasteiger partial charge in [0.1, 0.15) is 5.82 Å². The van der Waals surface area contributed by atoms with Gasteiger partial charge in [-0.2, -0.15) is 4.98 Å². The van der Waals surface area contributed by atoms with E-state index in [9.17, 15) is 0 Å². The molecule has 0 saturated carbocycles. The summed E-state index contributed by atoms with van der Waals surface area (Å²) in [7, 11) is 1.77. The molecule has 76 valence electrons. The first-order valence-corrected chi connectivity index (χ1v) is 4.67. The molecular weight excluding hydrogens is 188 g/mol. The number of anilines is 2. The quantitative estimate of drug-likeness (QED) is 0.775. The van der Waals surface area contributed by atoms with Gasteiger partial charge in [-0.25, -0.2) is 4.98 Å². The van der Waals surface area contributed by atoms with Gasteiger partial charge in [-0.1, -0.05) is 30.3 Å². The first-order valence-electron chi connectivity index (χ1n) is 4.67.